The molecule has 0 aliphatic carbocycles. The molecule has 0 radical (unpaired) electrons. The Morgan fingerprint density at radius 1 is 1.43 bits per heavy atom. The van der Waals surface area contributed by atoms with Gasteiger partial charge in [0, 0.05) is 18.6 Å². The van der Waals surface area contributed by atoms with Gasteiger partial charge in [0.2, 0.25) is 5.91 Å². The van der Waals surface area contributed by atoms with Crippen LogP contribution in [0.2, 0.25) is 0 Å². The van der Waals surface area contributed by atoms with E-state index in [0.717, 1.165) is 12.1 Å². The van der Waals surface area contributed by atoms with E-state index in [1.165, 1.54) is 0 Å². The quantitative estimate of drug-likeness (QED) is 0.838. The second-order valence-corrected chi connectivity index (χ2v) is 6.17. The lowest BCUT2D eigenvalue weighted by Crippen LogP contribution is -2.63. The fraction of sp³-hybridized carbons (Fsp3) is 0.562. The van der Waals surface area contributed by atoms with Gasteiger partial charge in [0.1, 0.15) is 5.54 Å². The van der Waals surface area contributed by atoms with Gasteiger partial charge in [-0.2, -0.15) is 0 Å². The number of carbonyl (C=O) groups is 1. The Hall–Kier alpha value is -1.43. The molecule has 116 valence electrons. The Kier molecular flexibility index (Phi) is 4.66. The van der Waals surface area contributed by atoms with E-state index in [9.17, 15) is 4.79 Å². The number of nitrogens with zero attached hydrogens (tertiary/aromatic N) is 1. The zero-order chi connectivity index (χ0) is 15.5. The number of rotatable bonds is 5. The normalized spacial score (nSPS) is 21.7. The number of primary amides is 1. The molecule has 1 saturated heterocycles. The summed E-state index contributed by atoms with van der Waals surface area (Å²) in [6.07, 6.45) is 0. The van der Waals surface area contributed by atoms with E-state index in [1.807, 2.05) is 30.3 Å². The molecule has 3 N–H and O–H groups in total. The molecule has 5 nitrogen and oxygen atoms in total. The number of likely N-dealkylation sites (N-methyl/N-ethyl adjacent to an activating group) is 1. The highest BCUT2D eigenvalue weighted by Crippen LogP contribution is 2.27. The monoisotopic (exact) mass is 291 g/mol. The molecule has 0 aromatic heterocycles. The molecule has 1 atom stereocenters. The van der Waals surface area contributed by atoms with E-state index in [0.29, 0.717) is 19.8 Å². The maximum atomic E-state index is 12.2. The van der Waals surface area contributed by atoms with Crippen molar-refractivity contribution in [3.05, 3.63) is 35.9 Å². The molecule has 1 unspecified atom stereocenters. The van der Waals surface area contributed by atoms with Crippen molar-refractivity contribution < 1.29 is 9.53 Å². The van der Waals surface area contributed by atoms with Gasteiger partial charge in [-0.1, -0.05) is 30.3 Å². The first-order valence-corrected chi connectivity index (χ1v) is 7.29. The predicted molar refractivity (Wildman–Crippen MR) is 82.8 cm³/mol. The Morgan fingerprint density at radius 2 is 2.10 bits per heavy atom. The standard InChI is InChI=1S/C16H25N3O2/c1-15(2)12-21-10-9-19(15)11-16(18-3,14(17)20)13-7-5-4-6-8-13/h4-8,18H,9-12H2,1-3H3,(H2,17,20). The zero-order valence-electron chi connectivity index (χ0n) is 13.1. The number of amides is 1. The molecule has 21 heavy (non-hydrogen) atoms. The Bertz CT molecular complexity index is 490. The van der Waals surface area contributed by atoms with Crippen LogP contribution in [0.15, 0.2) is 30.3 Å². The molecular weight excluding hydrogens is 266 g/mol. The van der Waals surface area contributed by atoms with E-state index in [1.54, 1.807) is 7.05 Å². The van der Waals surface area contributed by atoms with Crippen molar-refractivity contribution in [2.75, 3.05) is 33.4 Å². The van der Waals surface area contributed by atoms with Crippen LogP contribution in [0.25, 0.3) is 0 Å². The van der Waals surface area contributed by atoms with Crippen LogP contribution in [0.5, 0.6) is 0 Å². The molecule has 2 rings (SSSR count). The summed E-state index contributed by atoms with van der Waals surface area (Å²) in [5.74, 6) is -0.363. The Balaban J connectivity index is 2.35. The fourth-order valence-electron chi connectivity index (χ4n) is 2.85. The minimum absolute atomic E-state index is 0.120. The molecule has 0 spiro atoms. The number of ether oxygens (including phenoxy) is 1. The number of carbonyl (C=O) groups excluding carboxylic acids is 1. The van der Waals surface area contributed by atoms with Crippen molar-refractivity contribution in [1.82, 2.24) is 10.2 Å². The van der Waals surface area contributed by atoms with Gasteiger partial charge in [-0.3, -0.25) is 9.69 Å². The molecule has 5 heteroatoms. The van der Waals surface area contributed by atoms with Gasteiger partial charge < -0.3 is 15.8 Å². The van der Waals surface area contributed by atoms with E-state index in [4.69, 9.17) is 10.5 Å². The maximum Gasteiger partial charge on any atom is 0.243 e. The highest BCUT2D eigenvalue weighted by molar-refractivity contribution is 5.86. The molecule has 1 aromatic rings. The minimum atomic E-state index is -0.893. The number of morpholine rings is 1. The van der Waals surface area contributed by atoms with Crippen LogP contribution in [0.3, 0.4) is 0 Å². The third-order valence-corrected chi connectivity index (χ3v) is 4.36. The summed E-state index contributed by atoms with van der Waals surface area (Å²) < 4.78 is 5.55. The van der Waals surface area contributed by atoms with Crippen LogP contribution in [0, 0.1) is 0 Å². The van der Waals surface area contributed by atoms with E-state index in [2.05, 4.69) is 24.1 Å². The van der Waals surface area contributed by atoms with Crippen LogP contribution in [0.4, 0.5) is 0 Å². The topological polar surface area (TPSA) is 67.6 Å². The molecular formula is C16H25N3O2. The molecule has 1 heterocycles. The molecule has 1 amide bonds. The third kappa shape index (κ3) is 3.10. The fourth-order valence-corrected chi connectivity index (χ4v) is 2.85. The van der Waals surface area contributed by atoms with Gasteiger partial charge in [0.25, 0.3) is 0 Å². The Labute approximate surface area is 126 Å². The lowest BCUT2D eigenvalue weighted by atomic mass is 9.86. The average molecular weight is 291 g/mol. The lowest BCUT2D eigenvalue weighted by molar-refractivity contribution is -0.128. The molecule has 0 saturated carbocycles. The SMILES string of the molecule is CNC(CN1CCOCC1(C)C)(C(N)=O)c1ccccc1. The number of benzene rings is 1. The van der Waals surface area contributed by atoms with E-state index < -0.39 is 5.54 Å². The number of nitrogens with two attached hydrogens (primary N) is 1. The summed E-state index contributed by atoms with van der Waals surface area (Å²) >= 11 is 0. The second kappa shape index (κ2) is 6.13. The summed E-state index contributed by atoms with van der Waals surface area (Å²) in [5, 5.41) is 3.16. The first-order chi connectivity index (χ1) is 9.92. The predicted octanol–water partition coefficient (Wildman–Crippen LogP) is 0.697. The average Bonchev–Trinajstić information content (AvgIpc) is 2.46. The molecule has 0 bridgehead atoms. The summed E-state index contributed by atoms with van der Waals surface area (Å²) in [6, 6.07) is 9.66. The number of hydrogen-bond donors (Lipinski definition) is 2. The van der Waals surface area contributed by atoms with Gasteiger partial charge in [0.05, 0.1) is 13.2 Å². The van der Waals surface area contributed by atoms with Crippen molar-refractivity contribution in [1.29, 1.82) is 0 Å². The van der Waals surface area contributed by atoms with Crippen molar-refractivity contribution in [2.24, 2.45) is 5.73 Å². The molecule has 1 aliphatic heterocycles. The van der Waals surface area contributed by atoms with Crippen LogP contribution >= 0.6 is 0 Å². The third-order valence-electron chi connectivity index (χ3n) is 4.36. The van der Waals surface area contributed by atoms with E-state index >= 15 is 0 Å². The summed E-state index contributed by atoms with van der Waals surface area (Å²) in [5.41, 5.74) is 5.64. The van der Waals surface area contributed by atoms with Crippen LogP contribution < -0.4 is 11.1 Å². The maximum absolute atomic E-state index is 12.2. The summed E-state index contributed by atoms with van der Waals surface area (Å²) in [6.45, 7) is 6.89. The van der Waals surface area contributed by atoms with Crippen LogP contribution in [0.1, 0.15) is 19.4 Å². The smallest absolute Gasteiger partial charge is 0.243 e. The van der Waals surface area contributed by atoms with Crippen molar-refractivity contribution in [3.8, 4) is 0 Å². The Morgan fingerprint density at radius 3 is 2.62 bits per heavy atom. The van der Waals surface area contributed by atoms with Gasteiger partial charge in [-0.05, 0) is 26.5 Å². The summed E-state index contributed by atoms with van der Waals surface area (Å²) in [4.78, 5) is 14.5. The van der Waals surface area contributed by atoms with Gasteiger partial charge in [-0.15, -0.1) is 0 Å². The van der Waals surface area contributed by atoms with Gasteiger partial charge in [0.15, 0.2) is 0 Å². The largest absolute Gasteiger partial charge is 0.378 e. The zero-order valence-corrected chi connectivity index (χ0v) is 13.1. The second-order valence-electron chi connectivity index (χ2n) is 6.17. The van der Waals surface area contributed by atoms with E-state index in [-0.39, 0.29) is 11.4 Å². The van der Waals surface area contributed by atoms with Crippen LogP contribution in [-0.2, 0) is 15.1 Å². The minimum Gasteiger partial charge on any atom is -0.378 e. The van der Waals surface area contributed by atoms with Crippen molar-refractivity contribution in [2.45, 2.75) is 24.9 Å². The highest BCUT2D eigenvalue weighted by Gasteiger charge is 2.43. The van der Waals surface area contributed by atoms with Gasteiger partial charge >= 0.3 is 0 Å². The number of nitrogens with one attached hydrogen (secondary N) is 1. The van der Waals surface area contributed by atoms with Crippen molar-refractivity contribution in [3.63, 3.8) is 0 Å². The summed E-state index contributed by atoms with van der Waals surface area (Å²) in [7, 11) is 1.78. The molecule has 1 aliphatic rings. The first-order valence-electron chi connectivity index (χ1n) is 7.29. The number of hydrogen-bond acceptors (Lipinski definition) is 4. The molecule has 1 fully saturated rings. The highest BCUT2D eigenvalue weighted by atomic mass is 16.5. The first kappa shape index (κ1) is 15.9. The molecule has 1 aromatic carbocycles. The van der Waals surface area contributed by atoms with Crippen LogP contribution in [-0.4, -0.2) is 49.7 Å². The van der Waals surface area contributed by atoms with Gasteiger partial charge in [-0.25, -0.2) is 0 Å². The van der Waals surface area contributed by atoms with Crippen molar-refractivity contribution >= 4 is 5.91 Å². The lowest BCUT2D eigenvalue weighted by Gasteiger charge is -2.46.